The van der Waals surface area contributed by atoms with E-state index in [4.69, 9.17) is 24.8 Å². The largest absolute Gasteiger partial charge is 0.504 e. The summed E-state index contributed by atoms with van der Waals surface area (Å²) in [6.45, 7) is 1.17. The molecule has 0 heterocycles. The highest BCUT2D eigenvalue weighted by Gasteiger charge is 2.08. The zero-order valence-electron chi connectivity index (χ0n) is 12.6. The fourth-order valence-corrected chi connectivity index (χ4v) is 2.73. The minimum Gasteiger partial charge on any atom is -0.504 e. The molecule has 0 aliphatic heterocycles. The third-order valence-electron chi connectivity index (χ3n) is 3.22. The zero-order valence-corrected chi connectivity index (χ0v) is 15.6. The van der Waals surface area contributed by atoms with Crippen LogP contribution >= 0.6 is 34.8 Å². The van der Waals surface area contributed by atoms with Crippen molar-refractivity contribution in [3.8, 4) is 11.5 Å². The van der Waals surface area contributed by atoms with Crippen molar-refractivity contribution in [1.29, 1.82) is 0 Å². The van der Waals surface area contributed by atoms with Crippen LogP contribution in [0.5, 0.6) is 11.5 Å². The first kappa shape index (κ1) is 17.9. The molecular weight excluding hydrogens is 422 g/mol. The summed E-state index contributed by atoms with van der Waals surface area (Å²) in [6, 6.07) is 11.1. The monoisotopic (exact) mass is 438 g/mol. The van der Waals surface area contributed by atoms with Crippen molar-refractivity contribution in [2.24, 2.45) is 0 Å². The average molecular weight is 438 g/mol. The second kappa shape index (κ2) is 8.40. The van der Waals surface area contributed by atoms with Crippen LogP contribution in [0.25, 0.3) is 0 Å². The van der Waals surface area contributed by atoms with Gasteiger partial charge in [-0.3, -0.25) is 0 Å². The minimum absolute atomic E-state index is 0.129. The Bertz CT molecular complexity index is 695. The molecule has 7 heteroatoms. The summed E-state index contributed by atoms with van der Waals surface area (Å²) in [7, 11) is 7.18. The summed E-state index contributed by atoms with van der Waals surface area (Å²) in [6.07, 6.45) is 0. The van der Waals surface area contributed by atoms with E-state index in [9.17, 15) is 5.11 Å². The van der Waals surface area contributed by atoms with Crippen molar-refractivity contribution < 1.29 is 9.84 Å². The molecule has 0 saturated heterocycles. The number of hydrogen-bond acceptors (Lipinski definition) is 3. The summed E-state index contributed by atoms with van der Waals surface area (Å²) in [5, 5.41) is 16.6. The molecule has 0 fully saturated rings. The van der Waals surface area contributed by atoms with Gasteiger partial charge in [-0.15, -0.1) is 0 Å². The van der Waals surface area contributed by atoms with Gasteiger partial charge in [0.05, 0.1) is 7.11 Å². The molecule has 0 atom stereocenters. The Morgan fingerprint density at radius 1 is 1.22 bits per heavy atom. The fourth-order valence-electron chi connectivity index (χ4n) is 1.94. The molecule has 4 nitrogen and oxygen atoms in total. The molecule has 0 bridgehead atoms. The lowest BCUT2D eigenvalue weighted by atomic mass is 9.95. The van der Waals surface area contributed by atoms with E-state index in [1.54, 1.807) is 12.1 Å². The third kappa shape index (κ3) is 5.28. The van der Waals surface area contributed by atoms with Crippen molar-refractivity contribution in [2.75, 3.05) is 7.11 Å². The lowest BCUT2D eigenvalue weighted by Crippen LogP contribution is -2.34. The number of rotatable bonds is 5. The number of hydrogen-bond donors (Lipinski definition) is 3. The Morgan fingerprint density at radius 2 is 1.87 bits per heavy atom. The Labute approximate surface area is 156 Å². The van der Waals surface area contributed by atoms with E-state index in [1.807, 2.05) is 24.3 Å². The van der Waals surface area contributed by atoms with Crippen molar-refractivity contribution >= 4 is 53.2 Å². The number of ether oxygens (including phenoxy) is 1. The van der Waals surface area contributed by atoms with Crippen molar-refractivity contribution in [1.82, 2.24) is 10.6 Å². The number of halogens is 1. The Balaban J connectivity index is 1.88. The molecular formula is C16H16BIN2O2S. The number of benzene rings is 2. The number of phenols is 1. The van der Waals surface area contributed by atoms with Crippen molar-refractivity contribution in [2.45, 2.75) is 13.1 Å². The highest BCUT2D eigenvalue weighted by Crippen LogP contribution is 2.30. The number of methoxy groups -OCH3 is 1. The van der Waals surface area contributed by atoms with E-state index in [0.29, 0.717) is 24.0 Å². The van der Waals surface area contributed by atoms with Gasteiger partial charge in [-0.1, -0.05) is 29.7 Å². The molecule has 2 radical (unpaired) electrons. The van der Waals surface area contributed by atoms with Crippen LogP contribution in [-0.2, 0) is 13.1 Å². The first-order chi connectivity index (χ1) is 11.0. The van der Waals surface area contributed by atoms with Crippen LogP contribution in [0.15, 0.2) is 36.4 Å². The number of thiocarbonyl (C=S) groups is 1. The lowest BCUT2D eigenvalue weighted by molar-refractivity contribution is 0.372. The van der Waals surface area contributed by atoms with Crippen molar-refractivity contribution in [3.05, 3.63) is 51.1 Å². The average Bonchev–Trinajstić information content (AvgIpc) is 2.53. The van der Waals surface area contributed by atoms with Gasteiger partial charge in [0.1, 0.15) is 7.85 Å². The molecule has 3 N–H and O–H groups in total. The van der Waals surface area contributed by atoms with Gasteiger partial charge in [0.2, 0.25) is 0 Å². The van der Waals surface area contributed by atoms with Gasteiger partial charge in [0.25, 0.3) is 0 Å². The maximum absolute atomic E-state index is 9.73. The SMILES string of the molecule is [B]c1ccc(CNC(=S)NCc2cc(OC)c(O)cc2I)cc1. The predicted molar refractivity (Wildman–Crippen MR) is 105 cm³/mol. The molecule has 0 unspecified atom stereocenters. The van der Waals surface area contributed by atoms with Crippen LogP contribution in [0.4, 0.5) is 0 Å². The molecule has 0 aliphatic rings. The van der Waals surface area contributed by atoms with Crippen LogP contribution in [0, 0.1) is 3.57 Å². The molecule has 0 saturated carbocycles. The summed E-state index contributed by atoms with van der Waals surface area (Å²) in [5.41, 5.74) is 2.84. The van der Waals surface area contributed by atoms with Gasteiger partial charge >= 0.3 is 0 Å². The molecule has 0 aromatic heterocycles. The van der Waals surface area contributed by atoms with Gasteiger partial charge in [-0.05, 0) is 58.1 Å². The molecule has 118 valence electrons. The van der Waals surface area contributed by atoms with Crippen LogP contribution in [0.2, 0.25) is 0 Å². The van der Waals surface area contributed by atoms with Crippen LogP contribution < -0.4 is 20.8 Å². The maximum atomic E-state index is 9.73. The molecule has 2 aromatic rings. The fraction of sp³-hybridized carbons (Fsp3) is 0.188. The van der Waals surface area contributed by atoms with E-state index in [1.165, 1.54) is 7.11 Å². The highest BCUT2D eigenvalue weighted by molar-refractivity contribution is 14.1. The number of nitrogens with one attached hydrogen (secondary N) is 2. The minimum atomic E-state index is 0.129. The number of phenolic OH excluding ortho intramolecular Hbond substituents is 1. The Kier molecular flexibility index (Phi) is 6.53. The summed E-state index contributed by atoms with van der Waals surface area (Å²) >= 11 is 7.45. The number of aromatic hydroxyl groups is 1. The molecule has 2 aromatic carbocycles. The zero-order chi connectivity index (χ0) is 16.8. The maximum Gasteiger partial charge on any atom is 0.166 e. The van der Waals surface area contributed by atoms with E-state index >= 15 is 0 Å². The van der Waals surface area contributed by atoms with Gasteiger partial charge < -0.3 is 20.5 Å². The van der Waals surface area contributed by atoms with E-state index < -0.39 is 0 Å². The normalized spacial score (nSPS) is 10.2. The first-order valence-corrected chi connectivity index (χ1v) is 8.40. The Morgan fingerprint density at radius 3 is 2.52 bits per heavy atom. The Hall–Kier alpha value is -1.48. The van der Waals surface area contributed by atoms with Crippen LogP contribution in [0.3, 0.4) is 0 Å². The molecule has 23 heavy (non-hydrogen) atoms. The van der Waals surface area contributed by atoms with E-state index in [0.717, 1.165) is 20.2 Å². The standard InChI is InChI=1S/C16H16BIN2O2S/c1-22-15-6-11(13(18)7-14(15)21)9-20-16(23)19-8-10-2-4-12(17)5-3-10/h2-7,21H,8-9H2,1H3,(H2,19,20,23). The summed E-state index contributed by atoms with van der Waals surface area (Å²) in [4.78, 5) is 0. The second-order valence-electron chi connectivity index (χ2n) is 4.89. The van der Waals surface area contributed by atoms with Crippen molar-refractivity contribution in [3.63, 3.8) is 0 Å². The quantitative estimate of drug-likeness (QED) is 0.379. The second-order valence-corrected chi connectivity index (χ2v) is 6.46. The van der Waals surface area contributed by atoms with Crippen LogP contribution in [0.1, 0.15) is 11.1 Å². The van der Waals surface area contributed by atoms with E-state index in [2.05, 4.69) is 33.2 Å². The van der Waals surface area contributed by atoms with Gasteiger partial charge in [0.15, 0.2) is 16.6 Å². The highest BCUT2D eigenvalue weighted by atomic mass is 127. The topological polar surface area (TPSA) is 53.5 Å². The predicted octanol–water partition coefficient (Wildman–Crippen LogP) is 1.96. The van der Waals surface area contributed by atoms with Gasteiger partial charge in [-0.2, -0.15) is 0 Å². The van der Waals surface area contributed by atoms with Gasteiger partial charge in [0, 0.05) is 16.7 Å². The third-order valence-corrected chi connectivity index (χ3v) is 4.51. The van der Waals surface area contributed by atoms with E-state index in [-0.39, 0.29) is 5.75 Å². The molecule has 0 spiro atoms. The van der Waals surface area contributed by atoms with Crippen LogP contribution in [-0.4, -0.2) is 25.2 Å². The first-order valence-electron chi connectivity index (χ1n) is 6.91. The van der Waals surface area contributed by atoms with Gasteiger partial charge in [-0.25, -0.2) is 0 Å². The molecule has 0 aliphatic carbocycles. The lowest BCUT2D eigenvalue weighted by Gasteiger charge is -2.13. The smallest absolute Gasteiger partial charge is 0.166 e. The molecule has 0 amide bonds. The molecule has 2 rings (SSSR count). The summed E-state index contributed by atoms with van der Waals surface area (Å²) in [5.74, 6) is 0.577. The summed E-state index contributed by atoms with van der Waals surface area (Å²) < 4.78 is 6.06.